The maximum atomic E-state index is 4.46. The number of benzene rings is 2. The molecule has 1 radical (unpaired) electrons. The molecule has 0 saturated carbocycles. The van der Waals surface area contributed by atoms with Crippen molar-refractivity contribution >= 4 is 0 Å². The second-order valence-electron chi connectivity index (χ2n) is 10.9. The van der Waals surface area contributed by atoms with Crippen LogP contribution in [-0.4, -0.2) is 15.0 Å². The topological polar surface area (TPSA) is 38.7 Å². The number of pyridine rings is 1. The van der Waals surface area contributed by atoms with Crippen LogP contribution in [0.2, 0.25) is 0 Å². The van der Waals surface area contributed by atoms with E-state index in [1.165, 1.54) is 62.5 Å². The van der Waals surface area contributed by atoms with E-state index in [0.29, 0.717) is 0 Å². The Bertz CT molecular complexity index is 1150. The number of hydrogen-bond acceptors (Lipinski definition) is 3. The van der Waals surface area contributed by atoms with Gasteiger partial charge in [-0.25, -0.2) is 0 Å². The SMILES string of the molecule is CC(C)(C)c1c[c-]c(-c2ccccn2)cc1.CCCCCCCCCCc1cnc(-c2[c-]cccc2)nc1.[Ir]. The van der Waals surface area contributed by atoms with Crippen molar-refractivity contribution in [1.82, 2.24) is 15.0 Å². The van der Waals surface area contributed by atoms with Crippen molar-refractivity contribution in [3.05, 3.63) is 103 Å². The Balaban J connectivity index is 0.000000279. The number of aryl methyl sites for hydroxylation is 1. The average Bonchev–Trinajstić information content (AvgIpc) is 2.96. The summed E-state index contributed by atoms with van der Waals surface area (Å²) >= 11 is 0. The summed E-state index contributed by atoms with van der Waals surface area (Å²) in [5.41, 5.74) is 5.70. The van der Waals surface area contributed by atoms with Gasteiger partial charge in [0, 0.05) is 38.7 Å². The van der Waals surface area contributed by atoms with Crippen molar-refractivity contribution in [2.75, 3.05) is 0 Å². The molecular weight excluding hydrogens is 655 g/mol. The Morgan fingerprint density at radius 1 is 0.692 bits per heavy atom. The van der Waals surface area contributed by atoms with Crippen molar-refractivity contribution in [3.8, 4) is 22.6 Å². The van der Waals surface area contributed by atoms with Crippen LogP contribution in [0, 0.1) is 12.1 Å². The van der Waals surface area contributed by atoms with Crippen LogP contribution in [0.25, 0.3) is 22.6 Å². The van der Waals surface area contributed by atoms with Crippen molar-refractivity contribution in [3.63, 3.8) is 0 Å². The van der Waals surface area contributed by atoms with Crippen LogP contribution in [-0.2, 0) is 31.9 Å². The van der Waals surface area contributed by atoms with Gasteiger partial charge >= 0.3 is 0 Å². The first-order valence-electron chi connectivity index (χ1n) is 14.2. The molecule has 2 aromatic carbocycles. The summed E-state index contributed by atoms with van der Waals surface area (Å²) in [5, 5.41) is 0. The molecule has 39 heavy (non-hydrogen) atoms. The van der Waals surface area contributed by atoms with E-state index in [1.54, 1.807) is 6.20 Å². The fraction of sp³-hybridized carbons (Fsp3) is 0.400. The molecule has 4 rings (SSSR count). The van der Waals surface area contributed by atoms with Gasteiger partial charge in [-0.15, -0.1) is 71.3 Å². The van der Waals surface area contributed by atoms with Gasteiger partial charge in [-0.05, 0) is 35.6 Å². The van der Waals surface area contributed by atoms with E-state index in [-0.39, 0.29) is 25.5 Å². The summed E-state index contributed by atoms with van der Waals surface area (Å²) in [5.74, 6) is 0.764. The van der Waals surface area contributed by atoms with Crippen molar-refractivity contribution < 1.29 is 20.1 Å². The van der Waals surface area contributed by atoms with E-state index in [0.717, 1.165) is 29.1 Å². The standard InChI is InChI=1S/C20H27N2.C15H16N.Ir/c1-2-3-4-5-6-7-8-10-13-18-16-21-20(22-17-18)19-14-11-9-12-15-19;1-15(2,3)13-9-7-12(8-10-13)14-6-4-5-11-16-14;/h9,11-12,14,16-17H,2-8,10,13H2,1H3;4-7,9-11H,1-3H3;/q2*-1;. The molecule has 209 valence electrons. The summed E-state index contributed by atoms with van der Waals surface area (Å²) < 4.78 is 0. The third-order valence-electron chi connectivity index (χ3n) is 6.59. The Hall–Kier alpha value is -2.68. The molecule has 4 aromatic rings. The molecule has 0 spiro atoms. The van der Waals surface area contributed by atoms with Crippen molar-refractivity contribution in [2.45, 2.75) is 90.9 Å². The Morgan fingerprint density at radius 3 is 1.95 bits per heavy atom. The molecule has 0 saturated heterocycles. The third kappa shape index (κ3) is 11.9. The summed E-state index contributed by atoms with van der Waals surface area (Å²) in [6.45, 7) is 8.88. The molecule has 0 fully saturated rings. The van der Waals surface area contributed by atoms with Crippen LogP contribution in [0.1, 0.15) is 90.2 Å². The van der Waals surface area contributed by atoms with Gasteiger partial charge < -0.3 is 4.98 Å². The summed E-state index contributed by atoms with van der Waals surface area (Å²) in [6, 6.07) is 26.5. The zero-order chi connectivity index (χ0) is 27.1. The van der Waals surface area contributed by atoms with E-state index in [1.807, 2.05) is 54.9 Å². The smallest absolute Gasteiger partial charge is 0.0748 e. The van der Waals surface area contributed by atoms with Gasteiger partial charge in [0.05, 0.1) is 5.82 Å². The first kappa shape index (κ1) is 32.5. The van der Waals surface area contributed by atoms with Crippen LogP contribution in [0.4, 0.5) is 0 Å². The number of nitrogens with zero attached hydrogens (tertiary/aromatic N) is 3. The molecule has 0 atom stereocenters. The van der Waals surface area contributed by atoms with Crippen LogP contribution >= 0.6 is 0 Å². The van der Waals surface area contributed by atoms with Gasteiger partial charge in [0.25, 0.3) is 0 Å². The number of aromatic nitrogens is 3. The van der Waals surface area contributed by atoms with E-state index in [2.05, 4.69) is 73.0 Å². The fourth-order valence-corrected chi connectivity index (χ4v) is 4.19. The zero-order valence-electron chi connectivity index (χ0n) is 24.0. The Morgan fingerprint density at radius 2 is 1.38 bits per heavy atom. The maximum Gasteiger partial charge on any atom is 0.0748 e. The normalized spacial score (nSPS) is 10.8. The molecule has 0 amide bonds. The Kier molecular flexibility index (Phi) is 14.9. The molecule has 0 aliphatic carbocycles. The van der Waals surface area contributed by atoms with Gasteiger partial charge in [0.15, 0.2) is 0 Å². The predicted octanol–water partition coefficient (Wildman–Crippen LogP) is 9.47. The summed E-state index contributed by atoms with van der Waals surface area (Å²) in [6.07, 6.45) is 17.7. The minimum Gasteiger partial charge on any atom is -0.305 e. The molecule has 4 heteroatoms. The van der Waals surface area contributed by atoms with Gasteiger partial charge in [-0.3, -0.25) is 9.97 Å². The van der Waals surface area contributed by atoms with Gasteiger partial charge in [-0.2, -0.15) is 0 Å². The van der Waals surface area contributed by atoms with Gasteiger partial charge in [-0.1, -0.05) is 84.8 Å². The number of hydrogen-bond donors (Lipinski definition) is 0. The monoisotopic (exact) mass is 698 g/mol. The number of rotatable bonds is 11. The largest absolute Gasteiger partial charge is 0.305 e. The van der Waals surface area contributed by atoms with E-state index in [9.17, 15) is 0 Å². The van der Waals surface area contributed by atoms with Crippen LogP contribution < -0.4 is 0 Å². The van der Waals surface area contributed by atoms with Crippen LogP contribution in [0.5, 0.6) is 0 Å². The molecule has 0 bridgehead atoms. The Labute approximate surface area is 250 Å². The molecule has 3 nitrogen and oxygen atoms in total. The minimum absolute atomic E-state index is 0. The van der Waals surface area contributed by atoms with Crippen LogP contribution in [0.3, 0.4) is 0 Å². The zero-order valence-corrected chi connectivity index (χ0v) is 26.4. The minimum atomic E-state index is 0. The quantitative estimate of drug-likeness (QED) is 0.116. The molecule has 2 aromatic heterocycles. The first-order valence-corrected chi connectivity index (χ1v) is 14.2. The van der Waals surface area contributed by atoms with Crippen LogP contribution in [0.15, 0.2) is 79.3 Å². The summed E-state index contributed by atoms with van der Waals surface area (Å²) in [4.78, 5) is 13.2. The molecule has 0 N–H and O–H groups in total. The van der Waals surface area contributed by atoms with E-state index < -0.39 is 0 Å². The third-order valence-corrected chi connectivity index (χ3v) is 6.59. The maximum absolute atomic E-state index is 4.46. The predicted molar refractivity (Wildman–Crippen MR) is 160 cm³/mol. The number of unbranched alkanes of at least 4 members (excludes halogenated alkanes) is 7. The average molecular weight is 698 g/mol. The molecule has 0 unspecified atom stereocenters. The van der Waals surface area contributed by atoms with Crippen molar-refractivity contribution in [2.24, 2.45) is 0 Å². The molecule has 0 aliphatic rings. The van der Waals surface area contributed by atoms with Crippen molar-refractivity contribution in [1.29, 1.82) is 0 Å². The van der Waals surface area contributed by atoms with E-state index >= 15 is 0 Å². The van der Waals surface area contributed by atoms with Gasteiger partial charge in [0.1, 0.15) is 0 Å². The van der Waals surface area contributed by atoms with Gasteiger partial charge in [0.2, 0.25) is 0 Å². The second-order valence-corrected chi connectivity index (χ2v) is 10.9. The fourth-order valence-electron chi connectivity index (χ4n) is 4.19. The molecular formula is C35H43IrN3-2. The summed E-state index contributed by atoms with van der Waals surface area (Å²) in [7, 11) is 0. The molecule has 2 heterocycles. The van der Waals surface area contributed by atoms with E-state index in [4.69, 9.17) is 0 Å². The molecule has 0 aliphatic heterocycles. The second kappa shape index (κ2) is 17.8. The first-order chi connectivity index (χ1) is 18.5.